The topological polar surface area (TPSA) is 52.6 Å². The lowest BCUT2D eigenvalue weighted by Crippen LogP contribution is -2.34. The summed E-state index contributed by atoms with van der Waals surface area (Å²) in [6.45, 7) is 3.34. The Morgan fingerprint density at radius 1 is 1.60 bits per heavy atom. The molecule has 0 saturated heterocycles. The molecule has 1 saturated carbocycles. The number of carbonyl (C=O) groups excluding carboxylic acids is 1. The minimum Gasteiger partial charge on any atom is -0.393 e. The molecule has 15 heavy (non-hydrogen) atoms. The molecule has 1 unspecified atom stereocenters. The number of aliphatic hydroxyl groups excluding tert-OH is 1. The normalized spacial score (nSPS) is 17.9. The zero-order valence-electron chi connectivity index (χ0n) is 9.70. The van der Waals surface area contributed by atoms with Crippen LogP contribution in [0.15, 0.2) is 0 Å². The molecule has 88 valence electrons. The third-order valence-electron chi connectivity index (χ3n) is 2.75. The van der Waals surface area contributed by atoms with Crippen molar-refractivity contribution in [3.63, 3.8) is 0 Å². The van der Waals surface area contributed by atoms with Gasteiger partial charge in [-0.2, -0.15) is 0 Å². The Labute approximate surface area is 91.6 Å². The van der Waals surface area contributed by atoms with E-state index < -0.39 is 0 Å². The monoisotopic (exact) mass is 214 g/mol. The van der Waals surface area contributed by atoms with Crippen molar-refractivity contribution in [3.05, 3.63) is 0 Å². The van der Waals surface area contributed by atoms with Crippen LogP contribution < -0.4 is 5.32 Å². The van der Waals surface area contributed by atoms with Crippen molar-refractivity contribution in [2.24, 2.45) is 0 Å². The Bertz CT molecular complexity index is 203. The van der Waals surface area contributed by atoms with Gasteiger partial charge < -0.3 is 15.3 Å². The number of likely N-dealkylation sites (N-methyl/N-ethyl adjacent to an activating group) is 1. The quantitative estimate of drug-likeness (QED) is 0.643. The van der Waals surface area contributed by atoms with Gasteiger partial charge in [0.1, 0.15) is 0 Å². The number of carbonyl (C=O) groups is 1. The first-order valence-corrected chi connectivity index (χ1v) is 5.74. The van der Waals surface area contributed by atoms with Gasteiger partial charge in [0.2, 0.25) is 5.91 Å². The number of amides is 1. The Hall–Kier alpha value is -0.610. The summed E-state index contributed by atoms with van der Waals surface area (Å²) in [5.41, 5.74) is 0. The Morgan fingerprint density at radius 2 is 2.27 bits per heavy atom. The van der Waals surface area contributed by atoms with Crippen LogP contribution in [0.2, 0.25) is 0 Å². The van der Waals surface area contributed by atoms with E-state index in [-0.39, 0.29) is 12.0 Å². The maximum Gasteiger partial charge on any atom is 0.220 e. The van der Waals surface area contributed by atoms with E-state index >= 15 is 0 Å². The summed E-state index contributed by atoms with van der Waals surface area (Å²) in [4.78, 5) is 13.6. The molecule has 1 rings (SSSR count). The van der Waals surface area contributed by atoms with E-state index in [0.717, 1.165) is 12.6 Å². The third kappa shape index (κ3) is 5.74. The minimum atomic E-state index is -0.384. The highest BCUT2D eigenvalue weighted by atomic mass is 16.3. The summed E-state index contributed by atoms with van der Waals surface area (Å²) in [6.07, 6.45) is 3.18. The third-order valence-corrected chi connectivity index (χ3v) is 2.75. The van der Waals surface area contributed by atoms with Gasteiger partial charge in [0.15, 0.2) is 0 Å². The zero-order valence-corrected chi connectivity index (χ0v) is 9.70. The standard InChI is InChI=1S/C11H22N2O2/c1-9(14)3-6-11(15)12-7-8-13(2)10-4-5-10/h9-10,14H,3-8H2,1-2H3,(H,12,15). The van der Waals surface area contributed by atoms with Gasteiger partial charge in [-0.05, 0) is 33.2 Å². The van der Waals surface area contributed by atoms with Gasteiger partial charge in [0, 0.05) is 25.6 Å². The molecule has 0 aromatic heterocycles. The molecule has 1 fully saturated rings. The lowest BCUT2D eigenvalue weighted by molar-refractivity contribution is -0.121. The summed E-state index contributed by atoms with van der Waals surface area (Å²) in [5, 5.41) is 11.9. The van der Waals surface area contributed by atoms with Gasteiger partial charge in [0.25, 0.3) is 0 Å². The molecule has 0 spiro atoms. The van der Waals surface area contributed by atoms with E-state index in [1.54, 1.807) is 6.92 Å². The first-order valence-electron chi connectivity index (χ1n) is 5.74. The molecule has 1 amide bonds. The fourth-order valence-electron chi connectivity index (χ4n) is 1.50. The number of nitrogens with zero attached hydrogens (tertiary/aromatic N) is 1. The summed E-state index contributed by atoms with van der Waals surface area (Å²) < 4.78 is 0. The molecule has 0 heterocycles. The van der Waals surface area contributed by atoms with Crippen molar-refractivity contribution in [2.45, 2.75) is 44.8 Å². The van der Waals surface area contributed by atoms with E-state index in [0.29, 0.717) is 19.4 Å². The maximum absolute atomic E-state index is 11.3. The van der Waals surface area contributed by atoms with Gasteiger partial charge in [-0.3, -0.25) is 4.79 Å². The highest BCUT2D eigenvalue weighted by molar-refractivity contribution is 5.75. The van der Waals surface area contributed by atoms with Crippen LogP contribution in [0.25, 0.3) is 0 Å². The van der Waals surface area contributed by atoms with Crippen LogP contribution in [0.5, 0.6) is 0 Å². The van der Waals surface area contributed by atoms with Crippen LogP contribution in [0.4, 0.5) is 0 Å². The lowest BCUT2D eigenvalue weighted by Gasteiger charge is -2.15. The number of hydrogen-bond acceptors (Lipinski definition) is 3. The van der Waals surface area contributed by atoms with E-state index in [9.17, 15) is 4.79 Å². The average Bonchev–Trinajstić information content (AvgIpc) is 2.97. The lowest BCUT2D eigenvalue weighted by atomic mass is 10.2. The van der Waals surface area contributed by atoms with E-state index in [4.69, 9.17) is 5.11 Å². The Balaban J connectivity index is 1.96. The van der Waals surface area contributed by atoms with Crippen molar-refractivity contribution in [2.75, 3.05) is 20.1 Å². The Morgan fingerprint density at radius 3 is 2.80 bits per heavy atom. The highest BCUT2D eigenvalue weighted by Crippen LogP contribution is 2.24. The molecule has 4 heteroatoms. The van der Waals surface area contributed by atoms with Crippen LogP contribution in [-0.4, -0.2) is 48.2 Å². The summed E-state index contributed by atoms with van der Waals surface area (Å²) >= 11 is 0. The van der Waals surface area contributed by atoms with Crippen molar-refractivity contribution < 1.29 is 9.90 Å². The summed E-state index contributed by atoms with van der Waals surface area (Å²) in [7, 11) is 2.10. The summed E-state index contributed by atoms with van der Waals surface area (Å²) in [6, 6.07) is 0.749. The molecule has 1 aliphatic rings. The molecule has 1 atom stereocenters. The largest absolute Gasteiger partial charge is 0.393 e. The minimum absolute atomic E-state index is 0.0418. The molecule has 0 aromatic rings. The van der Waals surface area contributed by atoms with Gasteiger partial charge in [-0.25, -0.2) is 0 Å². The molecule has 4 nitrogen and oxygen atoms in total. The van der Waals surface area contributed by atoms with Gasteiger partial charge in [0.05, 0.1) is 6.10 Å². The van der Waals surface area contributed by atoms with E-state index in [1.807, 2.05) is 0 Å². The average molecular weight is 214 g/mol. The fourth-order valence-corrected chi connectivity index (χ4v) is 1.50. The smallest absolute Gasteiger partial charge is 0.220 e. The number of aliphatic hydroxyl groups is 1. The molecule has 0 aliphatic heterocycles. The fraction of sp³-hybridized carbons (Fsp3) is 0.909. The van der Waals surface area contributed by atoms with Crippen LogP contribution in [0.3, 0.4) is 0 Å². The first kappa shape index (κ1) is 12.5. The van der Waals surface area contributed by atoms with Crippen LogP contribution >= 0.6 is 0 Å². The second kappa shape index (κ2) is 6.08. The maximum atomic E-state index is 11.3. The zero-order chi connectivity index (χ0) is 11.3. The molecular weight excluding hydrogens is 192 g/mol. The van der Waals surface area contributed by atoms with Crippen LogP contribution in [0, 0.1) is 0 Å². The second-order valence-corrected chi connectivity index (χ2v) is 4.45. The predicted molar refractivity (Wildman–Crippen MR) is 59.6 cm³/mol. The van der Waals surface area contributed by atoms with Crippen molar-refractivity contribution in [3.8, 4) is 0 Å². The van der Waals surface area contributed by atoms with Crippen molar-refractivity contribution >= 4 is 5.91 Å². The molecule has 0 aromatic carbocycles. The van der Waals surface area contributed by atoms with E-state index in [2.05, 4.69) is 17.3 Å². The van der Waals surface area contributed by atoms with Crippen molar-refractivity contribution in [1.29, 1.82) is 0 Å². The number of hydrogen-bond donors (Lipinski definition) is 2. The molecule has 0 radical (unpaired) electrons. The molecule has 1 aliphatic carbocycles. The number of nitrogens with one attached hydrogen (secondary N) is 1. The Kier molecular flexibility index (Phi) is 5.05. The number of rotatable bonds is 7. The SMILES string of the molecule is CC(O)CCC(=O)NCCN(C)C1CC1. The molecule has 0 bridgehead atoms. The van der Waals surface area contributed by atoms with E-state index in [1.165, 1.54) is 12.8 Å². The predicted octanol–water partition coefficient (Wildman–Crippen LogP) is 0.358. The van der Waals surface area contributed by atoms with Crippen molar-refractivity contribution in [1.82, 2.24) is 10.2 Å². The molecular formula is C11H22N2O2. The highest BCUT2D eigenvalue weighted by Gasteiger charge is 2.25. The van der Waals surface area contributed by atoms with Gasteiger partial charge in [-0.15, -0.1) is 0 Å². The summed E-state index contributed by atoms with van der Waals surface area (Å²) in [5.74, 6) is 0.0418. The molecule has 2 N–H and O–H groups in total. The second-order valence-electron chi connectivity index (χ2n) is 4.45. The van der Waals surface area contributed by atoms with Crippen LogP contribution in [-0.2, 0) is 4.79 Å². The van der Waals surface area contributed by atoms with Gasteiger partial charge in [-0.1, -0.05) is 0 Å². The van der Waals surface area contributed by atoms with Gasteiger partial charge >= 0.3 is 0 Å². The van der Waals surface area contributed by atoms with Crippen LogP contribution in [0.1, 0.15) is 32.6 Å². The first-order chi connectivity index (χ1) is 7.09.